The van der Waals surface area contributed by atoms with Crippen LogP contribution in [-0.2, 0) is 20.9 Å². The number of rotatable bonds is 5. The van der Waals surface area contributed by atoms with Gasteiger partial charge in [0.1, 0.15) is 12.2 Å². The number of hydrogen-bond acceptors (Lipinski definition) is 5. The molecule has 0 N–H and O–H groups in total. The minimum absolute atomic E-state index is 0.00151. The number of non-ortho nitro benzene ring substituents is 1. The molecule has 0 aliphatic heterocycles. The quantitative estimate of drug-likeness (QED) is 0.465. The maximum absolute atomic E-state index is 11.4. The lowest BCUT2D eigenvalue weighted by Crippen LogP contribution is -2.26. The highest BCUT2D eigenvalue weighted by atomic mass is 16.6. The molecule has 0 spiro atoms. The van der Waals surface area contributed by atoms with Gasteiger partial charge in [0.2, 0.25) is 0 Å². The van der Waals surface area contributed by atoms with Gasteiger partial charge >= 0.3 is 5.97 Å². The highest BCUT2D eigenvalue weighted by Gasteiger charge is 2.16. The molecule has 0 unspecified atom stereocenters. The van der Waals surface area contributed by atoms with Gasteiger partial charge in [0.05, 0.1) is 11.5 Å². The normalized spacial score (nSPS) is 11.1. The lowest BCUT2D eigenvalue weighted by molar-refractivity contribution is -0.384. The summed E-state index contributed by atoms with van der Waals surface area (Å²) in [5.74, 6) is -0.460. The highest BCUT2D eigenvalue weighted by Crippen LogP contribution is 2.14. The number of nitrogens with zero attached hydrogens (tertiary/aromatic N) is 1. The van der Waals surface area contributed by atoms with E-state index in [2.05, 4.69) is 0 Å². The van der Waals surface area contributed by atoms with E-state index in [4.69, 9.17) is 9.47 Å². The Morgan fingerprint density at radius 2 is 2.05 bits per heavy atom. The molecular formula is C13H17NO5. The van der Waals surface area contributed by atoms with Crippen molar-refractivity contribution in [2.75, 3.05) is 6.61 Å². The molecule has 0 amide bonds. The van der Waals surface area contributed by atoms with E-state index >= 15 is 0 Å². The fourth-order valence-corrected chi connectivity index (χ4v) is 1.38. The second-order valence-corrected chi connectivity index (χ2v) is 5.01. The number of esters is 1. The van der Waals surface area contributed by atoms with Gasteiger partial charge in [0, 0.05) is 12.1 Å². The number of nitro benzene ring substituents is 1. The highest BCUT2D eigenvalue weighted by molar-refractivity contribution is 5.71. The summed E-state index contributed by atoms with van der Waals surface area (Å²) in [6, 6.07) is 6.08. The van der Waals surface area contributed by atoms with Crippen molar-refractivity contribution in [1.29, 1.82) is 0 Å². The van der Waals surface area contributed by atoms with Crippen molar-refractivity contribution < 1.29 is 19.2 Å². The van der Waals surface area contributed by atoms with Crippen molar-refractivity contribution in [2.24, 2.45) is 0 Å². The Balaban J connectivity index is 2.43. The van der Waals surface area contributed by atoms with Crippen molar-refractivity contribution in [3.63, 3.8) is 0 Å². The number of benzene rings is 1. The van der Waals surface area contributed by atoms with Gasteiger partial charge in [-0.3, -0.25) is 10.1 Å². The molecule has 0 radical (unpaired) electrons. The predicted molar refractivity (Wildman–Crippen MR) is 68.6 cm³/mol. The van der Waals surface area contributed by atoms with Crippen molar-refractivity contribution in [1.82, 2.24) is 0 Å². The van der Waals surface area contributed by atoms with Crippen molar-refractivity contribution in [3.05, 3.63) is 39.9 Å². The van der Waals surface area contributed by atoms with E-state index in [1.54, 1.807) is 32.9 Å². The minimum atomic E-state index is -0.550. The molecule has 104 valence electrons. The lowest BCUT2D eigenvalue weighted by atomic mass is 10.2. The van der Waals surface area contributed by atoms with Gasteiger partial charge in [-0.15, -0.1) is 0 Å². The third-order valence-electron chi connectivity index (χ3n) is 2.03. The topological polar surface area (TPSA) is 78.7 Å². The number of hydrogen-bond donors (Lipinski definition) is 0. The Morgan fingerprint density at radius 3 is 2.63 bits per heavy atom. The first kappa shape index (κ1) is 15.1. The second-order valence-electron chi connectivity index (χ2n) is 5.01. The third-order valence-corrected chi connectivity index (χ3v) is 2.03. The summed E-state index contributed by atoms with van der Waals surface area (Å²) in [7, 11) is 0. The largest absolute Gasteiger partial charge is 0.458 e. The van der Waals surface area contributed by atoms with E-state index in [9.17, 15) is 14.9 Å². The van der Waals surface area contributed by atoms with Crippen LogP contribution in [0.15, 0.2) is 24.3 Å². The van der Waals surface area contributed by atoms with E-state index in [1.807, 2.05) is 0 Å². The number of nitro groups is 1. The molecule has 6 nitrogen and oxygen atoms in total. The maximum Gasteiger partial charge on any atom is 0.332 e. The van der Waals surface area contributed by atoms with Crippen LogP contribution in [-0.4, -0.2) is 23.1 Å². The first-order valence-electron chi connectivity index (χ1n) is 5.81. The predicted octanol–water partition coefficient (Wildman–Crippen LogP) is 2.45. The molecular weight excluding hydrogens is 250 g/mol. The van der Waals surface area contributed by atoms with Crippen LogP contribution in [0.3, 0.4) is 0 Å². The maximum atomic E-state index is 11.4. The van der Waals surface area contributed by atoms with Crippen LogP contribution in [0.2, 0.25) is 0 Å². The van der Waals surface area contributed by atoms with Gasteiger partial charge in [-0.2, -0.15) is 0 Å². The van der Waals surface area contributed by atoms with Crippen LogP contribution >= 0.6 is 0 Å². The van der Waals surface area contributed by atoms with Crippen LogP contribution in [0.25, 0.3) is 0 Å². The first-order valence-corrected chi connectivity index (χ1v) is 5.81. The third kappa shape index (κ3) is 5.96. The summed E-state index contributed by atoms with van der Waals surface area (Å²) in [5.41, 5.74) is 0.0857. The van der Waals surface area contributed by atoms with E-state index in [0.29, 0.717) is 5.56 Å². The molecule has 1 rings (SSSR count). The van der Waals surface area contributed by atoms with Crippen LogP contribution < -0.4 is 0 Å². The van der Waals surface area contributed by atoms with Crippen LogP contribution in [0.5, 0.6) is 0 Å². The average Bonchev–Trinajstić information content (AvgIpc) is 2.27. The second kappa shape index (κ2) is 6.29. The molecule has 0 fully saturated rings. The molecule has 19 heavy (non-hydrogen) atoms. The molecule has 0 saturated carbocycles. The lowest BCUT2D eigenvalue weighted by Gasteiger charge is -2.19. The molecule has 1 aromatic carbocycles. The molecule has 0 aromatic heterocycles. The summed E-state index contributed by atoms with van der Waals surface area (Å²) in [5, 5.41) is 10.6. The molecule has 1 aromatic rings. The van der Waals surface area contributed by atoms with Crippen LogP contribution in [0.4, 0.5) is 5.69 Å². The standard InChI is InChI=1S/C13H17NO5/c1-13(2,3)19-12(15)9-18-8-10-5-4-6-11(7-10)14(16)17/h4-7H,8-9H2,1-3H3. The number of carbonyl (C=O) groups excluding carboxylic acids is 1. The van der Waals surface area contributed by atoms with Crippen molar-refractivity contribution >= 4 is 11.7 Å². The molecule has 0 saturated heterocycles. The van der Waals surface area contributed by atoms with Gasteiger partial charge in [-0.05, 0) is 26.3 Å². The molecule has 0 bridgehead atoms. The zero-order chi connectivity index (χ0) is 14.5. The van der Waals surface area contributed by atoms with Gasteiger partial charge in [0.25, 0.3) is 5.69 Å². The number of ether oxygens (including phenoxy) is 2. The summed E-state index contributed by atoms with van der Waals surface area (Å²) in [6.07, 6.45) is 0. The Kier molecular flexibility index (Phi) is 5.00. The van der Waals surface area contributed by atoms with Crippen LogP contribution in [0.1, 0.15) is 26.3 Å². The molecule has 0 aliphatic carbocycles. The summed E-state index contributed by atoms with van der Waals surface area (Å²) in [4.78, 5) is 21.5. The molecule has 0 atom stereocenters. The van der Waals surface area contributed by atoms with E-state index in [-0.39, 0.29) is 18.9 Å². The summed E-state index contributed by atoms with van der Waals surface area (Å²) < 4.78 is 10.2. The Morgan fingerprint density at radius 1 is 1.37 bits per heavy atom. The van der Waals surface area contributed by atoms with Gasteiger partial charge < -0.3 is 9.47 Å². The Bertz CT molecular complexity index is 464. The zero-order valence-corrected chi connectivity index (χ0v) is 11.2. The van der Waals surface area contributed by atoms with Gasteiger partial charge in [-0.1, -0.05) is 12.1 Å². The smallest absolute Gasteiger partial charge is 0.332 e. The fraction of sp³-hybridized carbons (Fsp3) is 0.462. The monoisotopic (exact) mass is 267 g/mol. The van der Waals surface area contributed by atoms with Gasteiger partial charge in [0.15, 0.2) is 0 Å². The summed E-state index contributed by atoms with van der Waals surface area (Å²) >= 11 is 0. The molecule has 6 heteroatoms. The number of carbonyl (C=O) groups is 1. The van der Waals surface area contributed by atoms with E-state index in [0.717, 1.165) is 0 Å². The Hall–Kier alpha value is -1.95. The van der Waals surface area contributed by atoms with Crippen LogP contribution in [0, 0.1) is 10.1 Å². The molecule has 0 heterocycles. The zero-order valence-electron chi connectivity index (χ0n) is 11.2. The molecule has 0 aliphatic rings. The van der Waals surface area contributed by atoms with Crippen molar-refractivity contribution in [2.45, 2.75) is 33.0 Å². The van der Waals surface area contributed by atoms with Gasteiger partial charge in [-0.25, -0.2) is 4.79 Å². The SMILES string of the molecule is CC(C)(C)OC(=O)COCc1cccc([N+](=O)[O-])c1. The van der Waals surface area contributed by atoms with Crippen molar-refractivity contribution in [3.8, 4) is 0 Å². The average molecular weight is 267 g/mol. The Labute approximate surface area is 111 Å². The minimum Gasteiger partial charge on any atom is -0.458 e. The first-order chi connectivity index (χ1) is 8.78. The fourth-order valence-electron chi connectivity index (χ4n) is 1.38. The summed E-state index contributed by atoms with van der Waals surface area (Å²) in [6.45, 7) is 5.25. The van der Waals surface area contributed by atoms with E-state index < -0.39 is 16.5 Å². The van der Waals surface area contributed by atoms with E-state index in [1.165, 1.54) is 12.1 Å².